The van der Waals surface area contributed by atoms with Gasteiger partial charge >= 0.3 is 0 Å². The standard InChI is InChI=1S/C67H42N6O/c1-7-21-43(22-8-1)61-68-62(44-23-9-2-10-24-44)71-65(70-61)52-34-20-36-57-59(52)55-42-47(37-39-56(55)67(57,49-29-15-5-16-30-49)50-31-17-6-18-32-50)48-38-40-58-54(41-48)51-33-19-35-53(60(51)74-58)66-72-63(45-25-11-3-12-26-45)69-64(73-66)46-27-13-4-14-28-46/h1-42H. The molecule has 0 spiro atoms. The molecule has 1 aliphatic rings. The topological polar surface area (TPSA) is 90.5 Å². The summed E-state index contributed by atoms with van der Waals surface area (Å²) in [5, 5.41) is 1.97. The van der Waals surface area contributed by atoms with Gasteiger partial charge in [-0.15, -0.1) is 0 Å². The maximum Gasteiger partial charge on any atom is 0.167 e. The lowest BCUT2D eigenvalue weighted by Gasteiger charge is -2.34. The van der Waals surface area contributed by atoms with E-state index in [-0.39, 0.29) is 0 Å². The van der Waals surface area contributed by atoms with Gasteiger partial charge in [0.1, 0.15) is 11.2 Å². The Bertz CT molecular complexity index is 4070. The molecule has 0 fully saturated rings. The molecule has 0 aliphatic heterocycles. The summed E-state index contributed by atoms with van der Waals surface area (Å²) >= 11 is 0. The van der Waals surface area contributed by atoms with Gasteiger partial charge in [0.25, 0.3) is 0 Å². The number of aromatic nitrogens is 6. The van der Waals surface area contributed by atoms with Crippen molar-refractivity contribution < 1.29 is 4.42 Å². The van der Waals surface area contributed by atoms with Crippen LogP contribution in [0.15, 0.2) is 259 Å². The molecule has 0 N–H and O–H groups in total. The fourth-order valence-corrected chi connectivity index (χ4v) is 10.9. The molecule has 1 aliphatic carbocycles. The summed E-state index contributed by atoms with van der Waals surface area (Å²) in [6.07, 6.45) is 0. The Hall–Kier alpha value is -9.98. The highest BCUT2D eigenvalue weighted by Crippen LogP contribution is 2.59. The molecule has 0 bridgehead atoms. The van der Waals surface area contributed by atoms with Crippen LogP contribution in [0.4, 0.5) is 0 Å². The van der Waals surface area contributed by atoms with Gasteiger partial charge in [0, 0.05) is 38.6 Å². The summed E-state index contributed by atoms with van der Waals surface area (Å²) in [4.78, 5) is 30.8. The van der Waals surface area contributed by atoms with Crippen molar-refractivity contribution in [2.75, 3.05) is 0 Å². The molecule has 7 nitrogen and oxygen atoms in total. The van der Waals surface area contributed by atoms with Gasteiger partial charge in [0.15, 0.2) is 34.9 Å². The highest BCUT2D eigenvalue weighted by atomic mass is 16.3. The van der Waals surface area contributed by atoms with E-state index < -0.39 is 5.41 Å². The van der Waals surface area contributed by atoms with Crippen LogP contribution in [-0.4, -0.2) is 29.9 Å². The number of benzene rings is 10. The van der Waals surface area contributed by atoms with E-state index in [0.717, 1.165) is 77.6 Å². The summed E-state index contributed by atoms with van der Waals surface area (Å²) < 4.78 is 6.79. The van der Waals surface area contributed by atoms with Gasteiger partial charge in [-0.3, -0.25) is 0 Å². The SMILES string of the molecule is c1ccc(-c2nc(-c3ccccc3)nc(-c3cccc4c3-c3cc(-c5ccc6oc7c(-c8nc(-c9ccccc9)nc(-c9ccccc9)n8)cccc7c6c5)ccc3C4(c3ccccc3)c3ccccc3)n2)cc1. The van der Waals surface area contributed by atoms with Crippen molar-refractivity contribution in [2.45, 2.75) is 5.41 Å². The molecule has 0 saturated carbocycles. The number of rotatable bonds is 9. The van der Waals surface area contributed by atoms with Gasteiger partial charge in [-0.05, 0) is 68.8 Å². The van der Waals surface area contributed by atoms with E-state index in [1.807, 2.05) is 103 Å². The number of nitrogens with zero attached hydrogens (tertiary/aromatic N) is 6. The second kappa shape index (κ2) is 17.7. The molecule has 3 heterocycles. The van der Waals surface area contributed by atoms with Crippen molar-refractivity contribution in [3.8, 4) is 90.6 Å². The highest BCUT2D eigenvalue weighted by molar-refractivity contribution is 6.10. The first-order chi connectivity index (χ1) is 36.7. The van der Waals surface area contributed by atoms with Gasteiger partial charge in [-0.2, -0.15) is 0 Å². The molecule has 0 unspecified atom stereocenters. The first-order valence-electron chi connectivity index (χ1n) is 24.8. The molecule has 10 aromatic carbocycles. The minimum atomic E-state index is -0.657. The Balaban J connectivity index is 0.967. The van der Waals surface area contributed by atoms with Crippen LogP contribution in [-0.2, 0) is 5.41 Å². The second-order valence-corrected chi connectivity index (χ2v) is 18.5. The third-order valence-corrected chi connectivity index (χ3v) is 14.3. The molecule has 7 heteroatoms. The summed E-state index contributed by atoms with van der Waals surface area (Å²) in [6.45, 7) is 0. The molecule has 0 amide bonds. The summed E-state index contributed by atoms with van der Waals surface area (Å²) in [7, 11) is 0. The first-order valence-corrected chi connectivity index (χ1v) is 24.8. The van der Waals surface area contributed by atoms with Crippen LogP contribution in [0, 0.1) is 0 Å². The minimum absolute atomic E-state index is 0.543. The molecule has 346 valence electrons. The Morgan fingerprint density at radius 3 is 1.20 bits per heavy atom. The highest BCUT2D eigenvalue weighted by Gasteiger charge is 2.47. The maximum atomic E-state index is 6.79. The van der Waals surface area contributed by atoms with Gasteiger partial charge in [-0.1, -0.05) is 231 Å². The predicted molar refractivity (Wildman–Crippen MR) is 296 cm³/mol. The van der Waals surface area contributed by atoms with Crippen LogP contribution >= 0.6 is 0 Å². The summed E-state index contributed by atoms with van der Waals surface area (Å²) in [6, 6.07) is 88.4. The summed E-state index contributed by atoms with van der Waals surface area (Å²) in [5.74, 6) is 3.57. The van der Waals surface area contributed by atoms with E-state index in [1.54, 1.807) is 0 Å². The molecule has 74 heavy (non-hydrogen) atoms. The van der Waals surface area contributed by atoms with Gasteiger partial charge < -0.3 is 4.42 Å². The largest absolute Gasteiger partial charge is 0.455 e. The van der Waals surface area contributed by atoms with Crippen molar-refractivity contribution >= 4 is 21.9 Å². The smallest absolute Gasteiger partial charge is 0.167 e. The zero-order valence-corrected chi connectivity index (χ0v) is 39.8. The maximum absolute atomic E-state index is 6.79. The van der Waals surface area contributed by atoms with E-state index in [0.29, 0.717) is 40.5 Å². The average molecular weight is 947 g/mol. The van der Waals surface area contributed by atoms with Gasteiger partial charge in [0.2, 0.25) is 0 Å². The van der Waals surface area contributed by atoms with Crippen LogP contribution in [0.2, 0.25) is 0 Å². The predicted octanol–water partition coefficient (Wildman–Crippen LogP) is 16.0. The zero-order valence-electron chi connectivity index (χ0n) is 39.8. The Labute approximate surface area is 427 Å². The van der Waals surface area contributed by atoms with Crippen molar-refractivity contribution in [1.82, 2.24) is 29.9 Å². The van der Waals surface area contributed by atoms with E-state index in [9.17, 15) is 0 Å². The van der Waals surface area contributed by atoms with Crippen molar-refractivity contribution in [3.63, 3.8) is 0 Å². The van der Waals surface area contributed by atoms with Crippen molar-refractivity contribution in [3.05, 3.63) is 277 Å². The first kappa shape index (κ1) is 42.9. The number of hydrogen-bond donors (Lipinski definition) is 0. The number of furan rings is 1. The zero-order chi connectivity index (χ0) is 49.0. The fourth-order valence-electron chi connectivity index (χ4n) is 10.9. The lowest BCUT2D eigenvalue weighted by Crippen LogP contribution is -2.28. The van der Waals surface area contributed by atoms with Crippen LogP contribution in [0.25, 0.3) is 113 Å². The number of para-hydroxylation sites is 1. The molecule has 0 saturated heterocycles. The van der Waals surface area contributed by atoms with Crippen molar-refractivity contribution in [2.24, 2.45) is 0 Å². The molecular weight excluding hydrogens is 905 g/mol. The molecular formula is C67H42N6O. The molecule has 13 aromatic rings. The number of hydrogen-bond acceptors (Lipinski definition) is 7. The minimum Gasteiger partial charge on any atom is -0.455 e. The van der Waals surface area contributed by atoms with Crippen LogP contribution < -0.4 is 0 Å². The summed E-state index contributed by atoms with van der Waals surface area (Å²) in [5.41, 5.74) is 15.2. The van der Waals surface area contributed by atoms with E-state index in [1.165, 1.54) is 16.7 Å². The van der Waals surface area contributed by atoms with Crippen LogP contribution in [0.1, 0.15) is 22.3 Å². The average Bonchev–Trinajstić information content (AvgIpc) is 4.02. The lowest BCUT2D eigenvalue weighted by molar-refractivity contribution is 0.669. The van der Waals surface area contributed by atoms with Crippen molar-refractivity contribution in [1.29, 1.82) is 0 Å². The van der Waals surface area contributed by atoms with E-state index in [4.69, 9.17) is 34.3 Å². The monoisotopic (exact) mass is 946 g/mol. The molecule has 0 atom stereocenters. The Kier molecular flexibility index (Phi) is 10.3. The van der Waals surface area contributed by atoms with Gasteiger partial charge in [0.05, 0.1) is 11.0 Å². The quantitative estimate of drug-likeness (QED) is 0.142. The normalized spacial score (nSPS) is 12.4. The molecule has 0 radical (unpaired) electrons. The van der Waals surface area contributed by atoms with E-state index >= 15 is 0 Å². The number of fused-ring (bicyclic) bond motifs is 6. The third kappa shape index (κ3) is 7.13. The molecule has 14 rings (SSSR count). The second-order valence-electron chi connectivity index (χ2n) is 18.5. The van der Waals surface area contributed by atoms with Crippen LogP contribution in [0.5, 0.6) is 0 Å². The Morgan fingerprint density at radius 1 is 0.270 bits per heavy atom. The van der Waals surface area contributed by atoms with Gasteiger partial charge in [-0.25, -0.2) is 29.9 Å². The lowest BCUT2D eigenvalue weighted by atomic mass is 9.67. The fraction of sp³-hybridized carbons (Fsp3) is 0.0149. The van der Waals surface area contributed by atoms with E-state index in [2.05, 4.69) is 152 Å². The third-order valence-electron chi connectivity index (χ3n) is 14.3. The Morgan fingerprint density at radius 2 is 0.689 bits per heavy atom. The molecule has 3 aromatic heterocycles. The van der Waals surface area contributed by atoms with Crippen LogP contribution in [0.3, 0.4) is 0 Å².